The molecule has 2 unspecified atom stereocenters. The number of fused-ring (bicyclic) bond motifs is 1. The van der Waals surface area contributed by atoms with Crippen LogP contribution in [0.2, 0.25) is 0 Å². The molecule has 1 fully saturated rings. The summed E-state index contributed by atoms with van der Waals surface area (Å²) >= 11 is 0. The summed E-state index contributed by atoms with van der Waals surface area (Å²) in [6.45, 7) is 6.62. The first kappa shape index (κ1) is 30.9. The van der Waals surface area contributed by atoms with Gasteiger partial charge in [-0.2, -0.15) is 0 Å². The molecule has 2 aliphatic carbocycles. The van der Waals surface area contributed by atoms with Gasteiger partial charge in [-0.1, -0.05) is 44.1 Å². The average Bonchev–Trinajstić information content (AvgIpc) is 3.18. The third-order valence-electron chi connectivity index (χ3n) is 3.71. The summed E-state index contributed by atoms with van der Waals surface area (Å²) in [7, 11) is 3.57. The van der Waals surface area contributed by atoms with E-state index in [9.17, 15) is 0 Å². The monoisotopic (exact) mass is 433 g/mol. The molecule has 4 nitrogen and oxygen atoms in total. The fraction of sp³-hybridized carbons (Fsp3) is 0.571. The Morgan fingerprint density at radius 2 is 1.52 bits per heavy atom. The predicted molar refractivity (Wildman–Crippen MR) is 105 cm³/mol. The van der Waals surface area contributed by atoms with Crippen molar-refractivity contribution in [3.63, 3.8) is 0 Å². The van der Waals surface area contributed by atoms with Crippen LogP contribution in [0.15, 0.2) is 24.3 Å². The quantitative estimate of drug-likeness (QED) is 0.146. The maximum absolute atomic E-state index is 7.50. The molecule has 0 heterocycles. The first-order chi connectivity index (χ1) is 12.7. The van der Waals surface area contributed by atoms with Crippen molar-refractivity contribution in [3.05, 3.63) is 37.4 Å². The van der Waals surface area contributed by atoms with Crippen molar-refractivity contribution in [3.8, 4) is 17.8 Å². The van der Waals surface area contributed by atoms with Gasteiger partial charge in [0.1, 0.15) is 0 Å². The molecule has 27 heavy (non-hydrogen) atoms. The van der Waals surface area contributed by atoms with Gasteiger partial charge < -0.3 is 20.0 Å². The van der Waals surface area contributed by atoms with Crippen LogP contribution in [-0.4, -0.2) is 21.3 Å². The molecule has 0 aliphatic heterocycles. The molecule has 0 aromatic heterocycles. The molecule has 1 saturated carbocycles. The van der Waals surface area contributed by atoms with E-state index in [1.54, 1.807) is 21.3 Å². The molecule has 0 aromatic carbocycles. The molecule has 6 heteroatoms. The zero-order valence-electron chi connectivity index (χ0n) is 16.6. The average molecular weight is 433 g/mol. The van der Waals surface area contributed by atoms with Gasteiger partial charge in [-0.05, 0) is 37.5 Å². The van der Waals surface area contributed by atoms with E-state index in [1.165, 1.54) is 25.7 Å². The van der Waals surface area contributed by atoms with Crippen LogP contribution in [0.25, 0.3) is 0 Å². The number of hydrogen-bond donors (Lipinski definition) is 0. The van der Waals surface area contributed by atoms with Crippen molar-refractivity contribution in [2.24, 2.45) is 11.8 Å². The van der Waals surface area contributed by atoms with Gasteiger partial charge in [0.25, 0.3) is 0 Å². The molecule has 0 N–H and O–H groups in total. The van der Waals surface area contributed by atoms with E-state index in [-0.39, 0.29) is 17.1 Å². The maximum atomic E-state index is 7.50. The summed E-state index contributed by atoms with van der Waals surface area (Å²) in [5, 5.41) is 0. The minimum absolute atomic E-state index is 0. The summed E-state index contributed by atoms with van der Waals surface area (Å²) in [5.41, 5.74) is 0. The summed E-state index contributed by atoms with van der Waals surface area (Å²) in [6, 6.07) is 0. The van der Waals surface area contributed by atoms with Crippen LogP contribution in [0, 0.1) is 42.7 Å². The molecule has 0 amide bonds. The second-order valence-electron chi connectivity index (χ2n) is 5.33. The number of unbranched alkanes of at least 4 members (excludes halogenated alkanes) is 2. The first-order valence-corrected chi connectivity index (χ1v) is 9.70. The van der Waals surface area contributed by atoms with Gasteiger partial charge in [-0.15, -0.1) is 0 Å². The molecule has 150 valence electrons. The van der Waals surface area contributed by atoms with Crippen molar-refractivity contribution < 1.29 is 35.3 Å². The van der Waals surface area contributed by atoms with Gasteiger partial charge in [-0.25, -0.2) is 5.92 Å². The van der Waals surface area contributed by atoms with E-state index in [0.29, 0.717) is 0 Å². The second kappa shape index (κ2) is 25.2. The zero-order valence-corrected chi connectivity index (χ0v) is 18.6. The van der Waals surface area contributed by atoms with Crippen LogP contribution in [-0.2, 0) is 35.3 Å². The molecule has 0 radical (unpaired) electrons. The SMILES string of the molecule is C1=CC2CCCC2C=C1.COP(OC)OC.[C-]#CC#CCCCC.[C-]#[O+].[Fe+2]. The normalized spacial score (nSPS) is 17.7. The third kappa shape index (κ3) is 18.3. The number of rotatable bonds is 5. The standard InChI is InChI=1S/C9H12.C8H9.C3H9O3P.CO.Fe/c1-2-5-9-7-3-6-8(9)4-1;1-3-5-7-8-6-4-2;1-4-7(5-2)6-3;1-2;/h1-2,4-5,8-9H,3,6-7H2;3,5,7H2,1H3;1-3H3;;/q;-1;;;+2. The van der Waals surface area contributed by atoms with Crippen LogP contribution in [0.3, 0.4) is 0 Å². The van der Waals surface area contributed by atoms with Crippen LogP contribution >= 0.6 is 8.60 Å². The van der Waals surface area contributed by atoms with E-state index < -0.39 is 8.60 Å². The Bertz CT molecular complexity index is 472. The van der Waals surface area contributed by atoms with Crippen molar-refractivity contribution in [2.45, 2.75) is 45.4 Å². The zero-order chi connectivity index (χ0) is 20.0. The Morgan fingerprint density at radius 3 is 1.85 bits per heavy atom. The molecular weight excluding hydrogens is 403 g/mol. The van der Waals surface area contributed by atoms with Crippen molar-refractivity contribution in [1.29, 1.82) is 0 Å². The molecule has 0 spiro atoms. The Labute approximate surface area is 177 Å². The largest absolute Gasteiger partial charge is 2.00 e. The van der Waals surface area contributed by atoms with E-state index in [0.717, 1.165) is 24.7 Å². The van der Waals surface area contributed by atoms with E-state index in [1.807, 2.05) is 5.92 Å². The topological polar surface area (TPSA) is 47.6 Å². The van der Waals surface area contributed by atoms with Gasteiger partial charge in [0.15, 0.2) is 0 Å². The Morgan fingerprint density at radius 1 is 1.04 bits per heavy atom. The number of hydrogen-bond acceptors (Lipinski definition) is 3. The summed E-state index contributed by atoms with van der Waals surface area (Å²) < 4.78 is 21.5. The fourth-order valence-corrected chi connectivity index (χ4v) is 2.95. The van der Waals surface area contributed by atoms with E-state index >= 15 is 0 Å². The van der Waals surface area contributed by atoms with Crippen LogP contribution in [0.4, 0.5) is 0 Å². The minimum atomic E-state index is -1.05. The molecule has 2 atom stereocenters. The van der Waals surface area contributed by atoms with Gasteiger partial charge in [0, 0.05) is 21.3 Å². The van der Waals surface area contributed by atoms with E-state index in [2.05, 4.69) is 63.3 Å². The Balaban J connectivity index is -0.000000303. The minimum Gasteiger partial charge on any atom is 2.00 e. The van der Waals surface area contributed by atoms with Crippen LogP contribution in [0.1, 0.15) is 45.4 Å². The molecule has 0 aromatic rings. The second-order valence-corrected chi connectivity index (χ2v) is 6.87. The van der Waals surface area contributed by atoms with E-state index in [4.69, 9.17) is 11.1 Å². The molecular formula is C21H30FeO4P+. The van der Waals surface area contributed by atoms with Crippen LogP contribution < -0.4 is 0 Å². The third-order valence-corrected chi connectivity index (χ3v) is 4.60. The smallest absolute Gasteiger partial charge is 2.00 e. The van der Waals surface area contributed by atoms with Crippen molar-refractivity contribution in [2.75, 3.05) is 21.3 Å². The Hall–Kier alpha value is -0.831. The maximum Gasteiger partial charge on any atom is 2.00 e. The summed E-state index contributed by atoms with van der Waals surface area (Å²) in [4.78, 5) is 0. The molecule has 2 rings (SSSR count). The fourth-order valence-electron chi connectivity index (χ4n) is 2.50. The Kier molecular flexibility index (Phi) is 28.8. The van der Waals surface area contributed by atoms with Gasteiger partial charge in [0.05, 0.1) is 0 Å². The molecule has 2 aliphatic rings. The molecule has 0 saturated heterocycles. The van der Waals surface area contributed by atoms with Gasteiger partial charge in [-0.3, -0.25) is 11.8 Å². The van der Waals surface area contributed by atoms with Gasteiger partial charge >= 0.3 is 37.0 Å². The summed E-state index contributed by atoms with van der Waals surface area (Å²) in [6.07, 6.45) is 23.0. The van der Waals surface area contributed by atoms with Crippen molar-refractivity contribution in [1.82, 2.24) is 0 Å². The first-order valence-electron chi connectivity index (χ1n) is 8.60. The summed E-state index contributed by atoms with van der Waals surface area (Å²) in [5.74, 6) is 9.05. The van der Waals surface area contributed by atoms with Crippen molar-refractivity contribution >= 4 is 8.60 Å². The molecule has 0 bridgehead atoms. The predicted octanol–water partition coefficient (Wildman–Crippen LogP) is 5.41. The number of allylic oxidation sites excluding steroid dienone is 4. The van der Waals surface area contributed by atoms with Gasteiger partial charge in [0.2, 0.25) is 0 Å². The van der Waals surface area contributed by atoms with Crippen LogP contribution in [0.5, 0.6) is 0 Å².